The van der Waals surface area contributed by atoms with E-state index in [1.807, 2.05) is 0 Å². The van der Waals surface area contributed by atoms with Gasteiger partial charge in [0.05, 0.1) is 0 Å². The second kappa shape index (κ2) is 5.31. The molecular formula is C21H24S. The van der Waals surface area contributed by atoms with Crippen LogP contribution in [0.1, 0.15) is 32.3 Å². The molecule has 0 nitrogen and oxygen atoms in total. The van der Waals surface area contributed by atoms with E-state index in [1.165, 1.54) is 5.57 Å². The Hall–Kier alpha value is -1.47. The van der Waals surface area contributed by atoms with Gasteiger partial charge in [-0.2, -0.15) is 0 Å². The quantitative estimate of drug-likeness (QED) is 0.646. The van der Waals surface area contributed by atoms with Gasteiger partial charge in [-0.05, 0) is 36.3 Å². The normalized spacial score (nSPS) is 37.3. The third-order valence-corrected chi connectivity index (χ3v) is 8.82. The first-order valence-electron chi connectivity index (χ1n) is 8.25. The molecule has 5 atom stereocenters. The van der Waals surface area contributed by atoms with Gasteiger partial charge in [0.15, 0.2) is 0 Å². The summed E-state index contributed by atoms with van der Waals surface area (Å²) in [6.45, 7) is 6.99. The minimum atomic E-state index is -0.185. The van der Waals surface area contributed by atoms with Crippen molar-refractivity contribution >= 4 is 10.9 Å². The van der Waals surface area contributed by atoms with Crippen molar-refractivity contribution in [3.63, 3.8) is 0 Å². The summed E-state index contributed by atoms with van der Waals surface area (Å²) >= 11 is 0. The molecule has 2 aliphatic carbocycles. The lowest BCUT2D eigenvalue weighted by atomic mass is 9.92. The van der Waals surface area contributed by atoms with Crippen LogP contribution in [0.3, 0.4) is 0 Å². The summed E-state index contributed by atoms with van der Waals surface area (Å²) < 4.78 is 0. The molecule has 0 amide bonds. The monoisotopic (exact) mass is 308 g/mol. The number of thiol groups is 1. The van der Waals surface area contributed by atoms with Gasteiger partial charge in [-0.25, -0.2) is 10.9 Å². The van der Waals surface area contributed by atoms with Crippen LogP contribution in [0.4, 0.5) is 0 Å². The molecule has 22 heavy (non-hydrogen) atoms. The van der Waals surface area contributed by atoms with Crippen LogP contribution in [0.5, 0.6) is 0 Å². The average Bonchev–Trinajstić information content (AvgIpc) is 2.82. The van der Waals surface area contributed by atoms with E-state index in [2.05, 4.69) is 81.5 Å². The molecule has 3 aliphatic rings. The van der Waals surface area contributed by atoms with Gasteiger partial charge in [-0.3, -0.25) is 0 Å². The van der Waals surface area contributed by atoms with Crippen LogP contribution < -0.4 is 0 Å². The minimum Gasteiger partial charge on any atom is -0.212 e. The lowest BCUT2D eigenvalue weighted by Gasteiger charge is -2.39. The average molecular weight is 308 g/mol. The number of fused-ring (bicyclic) bond motifs is 3. The van der Waals surface area contributed by atoms with E-state index < -0.39 is 0 Å². The number of hydrogen-bond donors (Lipinski definition) is 1. The van der Waals surface area contributed by atoms with Crippen LogP contribution in [0, 0.1) is 5.92 Å². The van der Waals surface area contributed by atoms with Crippen LogP contribution in [-0.4, -0.2) is 10.5 Å². The molecule has 0 saturated heterocycles. The maximum absolute atomic E-state index is 2.47. The van der Waals surface area contributed by atoms with Crippen molar-refractivity contribution in [1.29, 1.82) is 0 Å². The predicted octanol–water partition coefficient (Wildman–Crippen LogP) is 5.55. The zero-order valence-electron chi connectivity index (χ0n) is 13.5. The fraction of sp³-hybridized carbons (Fsp3) is 0.333. The van der Waals surface area contributed by atoms with Crippen molar-refractivity contribution in [2.24, 2.45) is 5.92 Å². The van der Waals surface area contributed by atoms with Gasteiger partial charge in [0.2, 0.25) is 0 Å². The van der Waals surface area contributed by atoms with Gasteiger partial charge in [0.25, 0.3) is 0 Å². The first-order chi connectivity index (χ1) is 10.7. The Morgan fingerprint density at radius 1 is 1.00 bits per heavy atom. The summed E-state index contributed by atoms with van der Waals surface area (Å²) in [6.07, 6.45) is 14.3. The van der Waals surface area contributed by atoms with Gasteiger partial charge in [-0.15, -0.1) is 0 Å². The van der Waals surface area contributed by atoms with Crippen molar-refractivity contribution in [1.82, 2.24) is 0 Å². The van der Waals surface area contributed by atoms with Crippen LogP contribution >= 0.6 is 10.9 Å². The van der Waals surface area contributed by atoms with Crippen LogP contribution in [0.25, 0.3) is 0 Å². The van der Waals surface area contributed by atoms with Crippen LogP contribution in [0.15, 0.2) is 76.8 Å². The summed E-state index contributed by atoms with van der Waals surface area (Å²) in [6, 6.07) is 9.18. The highest BCUT2D eigenvalue weighted by Crippen LogP contribution is 2.63. The number of hydrogen-bond acceptors (Lipinski definition) is 0. The Kier molecular flexibility index (Phi) is 3.41. The number of benzene rings is 1. The molecule has 0 spiro atoms. The molecule has 1 heterocycles. The standard InChI is InChI=1S/C21H24S/c1-14-12-15(2)21(16(3)13-14)22-19-10-6-4-8-17(19)18-9-5-7-11-20(18)22/h4-13,15,17,19,21-22H,1-3H3. The van der Waals surface area contributed by atoms with Crippen molar-refractivity contribution in [2.45, 2.75) is 42.1 Å². The SMILES string of the molecule is CC1=CC(C)C([SH]2c3ccccc3C3C=CC=CC32)C(C)=C1. The molecule has 1 aromatic carbocycles. The maximum Gasteiger partial charge on any atom is 0.0195 e. The highest BCUT2D eigenvalue weighted by Gasteiger charge is 2.42. The van der Waals surface area contributed by atoms with Crippen molar-refractivity contribution in [3.05, 3.63) is 77.4 Å². The van der Waals surface area contributed by atoms with Crippen LogP contribution in [0.2, 0.25) is 0 Å². The summed E-state index contributed by atoms with van der Waals surface area (Å²) in [5.74, 6) is 1.24. The third kappa shape index (κ3) is 2.06. The molecule has 1 aliphatic heterocycles. The molecule has 0 N–H and O–H groups in total. The van der Waals surface area contributed by atoms with Crippen LogP contribution in [-0.2, 0) is 0 Å². The Morgan fingerprint density at radius 3 is 2.59 bits per heavy atom. The van der Waals surface area contributed by atoms with E-state index >= 15 is 0 Å². The zero-order valence-corrected chi connectivity index (χ0v) is 14.4. The highest BCUT2D eigenvalue weighted by atomic mass is 32.2. The van der Waals surface area contributed by atoms with Gasteiger partial charge in [0, 0.05) is 16.4 Å². The van der Waals surface area contributed by atoms with Gasteiger partial charge in [-0.1, -0.05) is 72.7 Å². The van der Waals surface area contributed by atoms with E-state index in [0.717, 1.165) is 0 Å². The highest BCUT2D eigenvalue weighted by molar-refractivity contribution is 8.18. The van der Waals surface area contributed by atoms with E-state index in [0.29, 0.717) is 22.3 Å². The molecular weight excluding hydrogens is 284 g/mol. The summed E-state index contributed by atoms with van der Waals surface area (Å²) in [7, 11) is -0.185. The molecule has 0 aromatic heterocycles. The van der Waals surface area contributed by atoms with Gasteiger partial charge in [0.1, 0.15) is 0 Å². The molecule has 0 fully saturated rings. The molecule has 1 aromatic rings. The first-order valence-corrected chi connectivity index (χ1v) is 9.73. The summed E-state index contributed by atoms with van der Waals surface area (Å²) in [5, 5.41) is 1.37. The lowest BCUT2D eigenvalue weighted by Crippen LogP contribution is -2.26. The Bertz CT molecular complexity index is 719. The molecule has 0 bridgehead atoms. The van der Waals surface area contributed by atoms with Crippen molar-refractivity contribution in [2.75, 3.05) is 0 Å². The van der Waals surface area contributed by atoms with E-state index in [4.69, 9.17) is 0 Å². The molecule has 0 saturated carbocycles. The fourth-order valence-electron chi connectivity index (χ4n) is 4.54. The zero-order chi connectivity index (χ0) is 15.3. The summed E-state index contributed by atoms with van der Waals surface area (Å²) in [5.41, 5.74) is 4.59. The smallest absolute Gasteiger partial charge is 0.0195 e. The Labute approximate surface area is 136 Å². The maximum atomic E-state index is 2.47. The largest absolute Gasteiger partial charge is 0.212 e. The summed E-state index contributed by atoms with van der Waals surface area (Å²) in [4.78, 5) is 1.64. The molecule has 1 heteroatoms. The minimum absolute atomic E-state index is 0.185. The van der Waals surface area contributed by atoms with Crippen molar-refractivity contribution < 1.29 is 0 Å². The van der Waals surface area contributed by atoms with E-state index in [-0.39, 0.29) is 10.9 Å². The fourth-order valence-corrected chi connectivity index (χ4v) is 8.30. The Morgan fingerprint density at radius 2 is 1.77 bits per heavy atom. The predicted molar refractivity (Wildman–Crippen MR) is 99.0 cm³/mol. The van der Waals surface area contributed by atoms with Gasteiger partial charge >= 0.3 is 0 Å². The Balaban J connectivity index is 1.83. The third-order valence-electron chi connectivity index (χ3n) is 5.25. The van der Waals surface area contributed by atoms with E-state index in [9.17, 15) is 0 Å². The van der Waals surface area contributed by atoms with E-state index in [1.54, 1.807) is 16.0 Å². The second-order valence-corrected chi connectivity index (χ2v) is 9.30. The van der Waals surface area contributed by atoms with Crippen molar-refractivity contribution in [3.8, 4) is 0 Å². The molecule has 0 radical (unpaired) electrons. The number of allylic oxidation sites excluding steroid dienone is 6. The second-order valence-electron chi connectivity index (χ2n) is 6.86. The first kappa shape index (κ1) is 14.1. The molecule has 114 valence electrons. The topological polar surface area (TPSA) is 0 Å². The number of rotatable bonds is 1. The molecule has 5 unspecified atom stereocenters. The molecule has 4 rings (SSSR count). The lowest BCUT2D eigenvalue weighted by molar-refractivity contribution is 0.709. The van der Waals surface area contributed by atoms with Gasteiger partial charge < -0.3 is 0 Å².